The molecule has 0 aliphatic heterocycles. The molecule has 22 heavy (non-hydrogen) atoms. The largest absolute Gasteiger partial charge is 0.481 e. The van der Waals surface area contributed by atoms with Gasteiger partial charge in [-0.1, -0.05) is 35.3 Å². The summed E-state index contributed by atoms with van der Waals surface area (Å²) in [6.45, 7) is 1.78. The lowest BCUT2D eigenvalue weighted by molar-refractivity contribution is 0.217. The fraction of sp³-hybridized carbons (Fsp3) is 0.125. The average molecular weight is 335 g/mol. The molecule has 3 rings (SSSR count). The van der Waals surface area contributed by atoms with Gasteiger partial charge in [0.1, 0.15) is 5.75 Å². The number of nitrogens with one attached hydrogen (secondary N) is 1. The highest BCUT2D eigenvalue weighted by molar-refractivity contribution is 6.34. The molecule has 0 aliphatic carbocycles. The third kappa shape index (κ3) is 2.93. The number of benzene rings is 2. The maximum absolute atomic E-state index is 12.1. The third-order valence-corrected chi connectivity index (χ3v) is 3.76. The highest BCUT2D eigenvalue weighted by Crippen LogP contribution is 2.30. The van der Waals surface area contributed by atoms with Crippen LogP contribution in [0.15, 0.2) is 47.3 Å². The summed E-state index contributed by atoms with van der Waals surface area (Å²) in [4.78, 5) is 19.2. The summed E-state index contributed by atoms with van der Waals surface area (Å²) in [6.07, 6.45) is -0.478. The van der Waals surface area contributed by atoms with E-state index in [0.29, 0.717) is 32.5 Å². The van der Waals surface area contributed by atoms with Gasteiger partial charge in [0.25, 0.3) is 5.56 Å². The van der Waals surface area contributed by atoms with Crippen molar-refractivity contribution in [3.05, 3.63) is 68.7 Å². The highest BCUT2D eigenvalue weighted by atomic mass is 35.5. The molecule has 3 aromatic rings. The highest BCUT2D eigenvalue weighted by Gasteiger charge is 2.14. The van der Waals surface area contributed by atoms with E-state index >= 15 is 0 Å². The van der Waals surface area contributed by atoms with Crippen LogP contribution in [0.5, 0.6) is 5.75 Å². The van der Waals surface area contributed by atoms with Crippen LogP contribution >= 0.6 is 23.2 Å². The van der Waals surface area contributed by atoms with Gasteiger partial charge in [0.2, 0.25) is 0 Å². The molecule has 1 aromatic heterocycles. The summed E-state index contributed by atoms with van der Waals surface area (Å²) in [5, 5.41) is 1.50. The molecule has 0 amide bonds. The Hall–Kier alpha value is -2.04. The number of fused-ring (bicyclic) bond motifs is 1. The van der Waals surface area contributed by atoms with Gasteiger partial charge in [-0.3, -0.25) is 4.79 Å². The van der Waals surface area contributed by atoms with Gasteiger partial charge in [0.15, 0.2) is 11.9 Å². The van der Waals surface area contributed by atoms with Crippen LogP contribution in [0, 0.1) is 0 Å². The number of nitrogens with zero attached hydrogens (tertiary/aromatic N) is 1. The predicted octanol–water partition coefficient (Wildman–Crippen LogP) is 4.37. The second-order valence-electron chi connectivity index (χ2n) is 4.80. The molecule has 0 saturated heterocycles. The lowest BCUT2D eigenvalue weighted by Crippen LogP contribution is -2.16. The van der Waals surface area contributed by atoms with E-state index in [1.807, 2.05) is 6.07 Å². The monoisotopic (exact) mass is 334 g/mol. The quantitative estimate of drug-likeness (QED) is 0.773. The third-order valence-electron chi connectivity index (χ3n) is 3.21. The van der Waals surface area contributed by atoms with E-state index in [2.05, 4.69) is 9.97 Å². The number of aromatic amines is 1. The van der Waals surface area contributed by atoms with Crippen molar-refractivity contribution in [2.45, 2.75) is 13.0 Å². The standard InChI is InChI=1S/C16H12Cl2N2O2/c1-9(22-14-8-10(17)6-7-12(14)18)15-19-13-5-3-2-4-11(13)16(21)20-15/h2-9H,1H3,(H,19,20,21)/t9-/m1/s1. The van der Waals surface area contributed by atoms with Crippen LogP contribution in [0.2, 0.25) is 10.0 Å². The molecular weight excluding hydrogens is 323 g/mol. The number of aromatic nitrogens is 2. The van der Waals surface area contributed by atoms with Crippen LogP contribution in [0.1, 0.15) is 18.9 Å². The Morgan fingerprint density at radius 3 is 2.77 bits per heavy atom. The zero-order valence-corrected chi connectivity index (χ0v) is 13.2. The SMILES string of the molecule is C[C@@H](Oc1cc(Cl)ccc1Cl)c1nc2ccccc2c(=O)[nH]1. The normalized spacial score (nSPS) is 12.3. The van der Waals surface area contributed by atoms with Crippen LogP contribution < -0.4 is 10.3 Å². The van der Waals surface area contributed by atoms with Crippen molar-refractivity contribution in [3.8, 4) is 5.75 Å². The zero-order valence-electron chi connectivity index (χ0n) is 11.6. The first kappa shape index (κ1) is 14.9. The van der Waals surface area contributed by atoms with Crippen LogP contribution in [0.25, 0.3) is 10.9 Å². The molecule has 2 aromatic carbocycles. The van der Waals surface area contributed by atoms with Gasteiger partial charge in [0, 0.05) is 11.1 Å². The minimum Gasteiger partial charge on any atom is -0.481 e. The van der Waals surface area contributed by atoms with Crippen molar-refractivity contribution in [2.75, 3.05) is 0 Å². The molecule has 1 N–H and O–H groups in total. The molecule has 4 nitrogen and oxygen atoms in total. The van der Waals surface area contributed by atoms with Gasteiger partial charge in [-0.05, 0) is 31.2 Å². The van der Waals surface area contributed by atoms with E-state index in [1.165, 1.54) is 0 Å². The van der Waals surface area contributed by atoms with E-state index in [-0.39, 0.29) is 5.56 Å². The van der Waals surface area contributed by atoms with Crippen molar-refractivity contribution >= 4 is 34.1 Å². The Balaban J connectivity index is 1.97. The first-order valence-corrected chi connectivity index (χ1v) is 7.41. The lowest BCUT2D eigenvalue weighted by Gasteiger charge is -2.15. The van der Waals surface area contributed by atoms with Gasteiger partial charge < -0.3 is 9.72 Å². The minimum atomic E-state index is -0.478. The van der Waals surface area contributed by atoms with E-state index < -0.39 is 6.10 Å². The van der Waals surface area contributed by atoms with E-state index in [9.17, 15) is 4.79 Å². The lowest BCUT2D eigenvalue weighted by atomic mass is 10.2. The van der Waals surface area contributed by atoms with Gasteiger partial charge in [-0.2, -0.15) is 0 Å². The summed E-state index contributed by atoms with van der Waals surface area (Å²) in [5.41, 5.74) is 0.419. The van der Waals surface area contributed by atoms with Gasteiger partial charge >= 0.3 is 0 Å². The average Bonchev–Trinajstić information content (AvgIpc) is 2.51. The van der Waals surface area contributed by atoms with Crippen LogP contribution in [0.4, 0.5) is 0 Å². The number of halogens is 2. The van der Waals surface area contributed by atoms with Crippen molar-refractivity contribution in [1.82, 2.24) is 9.97 Å². The number of H-pyrrole nitrogens is 1. The molecule has 0 spiro atoms. The Morgan fingerprint density at radius 1 is 1.18 bits per heavy atom. The maximum Gasteiger partial charge on any atom is 0.258 e. The Kier molecular flexibility index (Phi) is 4.05. The number of hydrogen-bond acceptors (Lipinski definition) is 3. The first-order valence-electron chi connectivity index (χ1n) is 6.65. The number of para-hydroxylation sites is 1. The fourth-order valence-corrected chi connectivity index (χ4v) is 2.44. The Bertz CT molecular complexity index is 893. The zero-order chi connectivity index (χ0) is 15.7. The van der Waals surface area contributed by atoms with Crippen molar-refractivity contribution in [3.63, 3.8) is 0 Å². The van der Waals surface area contributed by atoms with Crippen molar-refractivity contribution in [1.29, 1.82) is 0 Å². The minimum absolute atomic E-state index is 0.201. The van der Waals surface area contributed by atoms with Crippen LogP contribution in [-0.2, 0) is 0 Å². The second kappa shape index (κ2) is 5.99. The number of ether oxygens (including phenoxy) is 1. The Labute approximate surface area is 136 Å². The molecule has 0 radical (unpaired) electrons. The maximum atomic E-state index is 12.1. The molecular formula is C16H12Cl2N2O2. The van der Waals surface area contributed by atoms with E-state index in [1.54, 1.807) is 43.3 Å². The first-order chi connectivity index (χ1) is 10.5. The second-order valence-corrected chi connectivity index (χ2v) is 5.65. The van der Waals surface area contributed by atoms with Gasteiger partial charge in [0.05, 0.1) is 15.9 Å². The van der Waals surface area contributed by atoms with E-state index in [0.717, 1.165) is 0 Å². The molecule has 1 atom stereocenters. The summed E-state index contributed by atoms with van der Waals surface area (Å²) in [5.74, 6) is 0.872. The summed E-state index contributed by atoms with van der Waals surface area (Å²) in [7, 11) is 0. The van der Waals surface area contributed by atoms with Crippen molar-refractivity contribution in [2.24, 2.45) is 0 Å². The smallest absolute Gasteiger partial charge is 0.258 e. The van der Waals surface area contributed by atoms with Crippen LogP contribution in [-0.4, -0.2) is 9.97 Å². The summed E-state index contributed by atoms with van der Waals surface area (Å²) in [6, 6.07) is 12.1. The predicted molar refractivity (Wildman–Crippen MR) is 87.9 cm³/mol. The molecule has 1 heterocycles. The molecule has 0 saturated carbocycles. The van der Waals surface area contributed by atoms with Crippen LogP contribution in [0.3, 0.4) is 0 Å². The summed E-state index contributed by atoms with van der Waals surface area (Å²) >= 11 is 12.0. The molecule has 0 unspecified atom stereocenters. The molecule has 0 bridgehead atoms. The topological polar surface area (TPSA) is 55.0 Å². The number of hydrogen-bond donors (Lipinski definition) is 1. The molecule has 0 aliphatic rings. The summed E-state index contributed by atoms with van der Waals surface area (Å²) < 4.78 is 5.77. The molecule has 112 valence electrons. The fourth-order valence-electron chi connectivity index (χ4n) is 2.11. The van der Waals surface area contributed by atoms with Gasteiger partial charge in [-0.25, -0.2) is 4.98 Å². The van der Waals surface area contributed by atoms with Crippen molar-refractivity contribution < 1.29 is 4.74 Å². The molecule has 0 fully saturated rings. The van der Waals surface area contributed by atoms with E-state index in [4.69, 9.17) is 27.9 Å². The molecule has 6 heteroatoms. The Morgan fingerprint density at radius 2 is 1.95 bits per heavy atom. The number of rotatable bonds is 3. The van der Waals surface area contributed by atoms with Gasteiger partial charge in [-0.15, -0.1) is 0 Å².